The first-order chi connectivity index (χ1) is 9.77. The van der Waals surface area contributed by atoms with E-state index in [1.54, 1.807) is 0 Å². The molecule has 0 amide bonds. The molecule has 0 heterocycles. The third-order valence-corrected chi connectivity index (χ3v) is 3.13. The summed E-state index contributed by atoms with van der Waals surface area (Å²) in [6.07, 6.45) is -4.41. The van der Waals surface area contributed by atoms with Gasteiger partial charge in [0.1, 0.15) is 5.82 Å². The van der Waals surface area contributed by atoms with Gasteiger partial charge in [0.05, 0.1) is 5.56 Å². The Morgan fingerprint density at radius 3 is 2.19 bits per heavy atom. The van der Waals surface area contributed by atoms with Crippen LogP contribution in [0.3, 0.4) is 0 Å². The minimum Gasteiger partial charge on any atom is -0.294 e. The van der Waals surface area contributed by atoms with Crippen LogP contribution in [0.1, 0.15) is 27.0 Å². The predicted octanol–water partition coefficient (Wildman–Crippen LogP) is 4.58. The molecule has 0 saturated heterocycles. The number of rotatable bonds is 3. The van der Waals surface area contributed by atoms with Gasteiger partial charge in [0.15, 0.2) is 5.78 Å². The highest BCUT2D eigenvalue weighted by molar-refractivity contribution is 5.98. The van der Waals surface area contributed by atoms with Gasteiger partial charge in [-0.25, -0.2) is 4.39 Å². The summed E-state index contributed by atoms with van der Waals surface area (Å²) in [6, 6.07) is 8.47. The van der Waals surface area contributed by atoms with Crippen molar-refractivity contribution in [3.63, 3.8) is 0 Å². The summed E-state index contributed by atoms with van der Waals surface area (Å²) >= 11 is 0. The molecule has 0 aromatic heterocycles. The third-order valence-electron chi connectivity index (χ3n) is 3.13. The summed E-state index contributed by atoms with van der Waals surface area (Å²) in [6.45, 7) is 1.47. The Bertz CT molecular complexity index is 657. The van der Waals surface area contributed by atoms with Gasteiger partial charge in [0.2, 0.25) is 0 Å². The highest BCUT2D eigenvalue weighted by Gasteiger charge is 2.30. The van der Waals surface area contributed by atoms with Crippen molar-refractivity contribution in [2.75, 3.05) is 0 Å². The number of hydrogen-bond acceptors (Lipinski definition) is 1. The maximum Gasteiger partial charge on any atom is 0.416 e. The largest absolute Gasteiger partial charge is 0.416 e. The Labute approximate surface area is 119 Å². The molecule has 0 saturated carbocycles. The number of aryl methyl sites for hydroxylation is 1. The average Bonchev–Trinajstić information content (AvgIpc) is 2.40. The Hall–Kier alpha value is -2.17. The average molecular weight is 296 g/mol. The summed E-state index contributed by atoms with van der Waals surface area (Å²) in [4.78, 5) is 12.1. The molecule has 1 nitrogen and oxygen atoms in total. The molecule has 0 fully saturated rings. The van der Waals surface area contributed by atoms with Crippen LogP contribution in [0, 0.1) is 12.7 Å². The van der Waals surface area contributed by atoms with Gasteiger partial charge in [-0.05, 0) is 42.3 Å². The molecule has 0 bridgehead atoms. The normalized spacial score (nSPS) is 11.5. The monoisotopic (exact) mass is 296 g/mol. The number of carbonyl (C=O) groups is 1. The van der Waals surface area contributed by atoms with E-state index in [1.165, 1.54) is 37.3 Å². The minimum atomic E-state index is -4.43. The summed E-state index contributed by atoms with van der Waals surface area (Å²) in [7, 11) is 0. The Kier molecular flexibility index (Phi) is 4.11. The lowest BCUT2D eigenvalue weighted by atomic mass is 9.97. The lowest BCUT2D eigenvalue weighted by molar-refractivity contribution is -0.137. The fraction of sp³-hybridized carbons (Fsp3) is 0.188. The van der Waals surface area contributed by atoms with E-state index in [9.17, 15) is 22.4 Å². The second-order valence-corrected chi connectivity index (χ2v) is 4.75. The summed E-state index contributed by atoms with van der Waals surface area (Å²) in [5, 5.41) is 0. The molecule has 0 aliphatic rings. The van der Waals surface area contributed by atoms with Gasteiger partial charge >= 0.3 is 6.18 Å². The summed E-state index contributed by atoms with van der Waals surface area (Å²) < 4.78 is 50.5. The van der Waals surface area contributed by atoms with Crippen LogP contribution in [0.5, 0.6) is 0 Å². The van der Waals surface area contributed by atoms with Gasteiger partial charge in [-0.15, -0.1) is 0 Å². The zero-order chi connectivity index (χ0) is 15.6. The van der Waals surface area contributed by atoms with Gasteiger partial charge in [0.25, 0.3) is 0 Å². The van der Waals surface area contributed by atoms with Gasteiger partial charge in [0, 0.05) is 12.0 Å². The molecule has 0 radical (unpaired) electrons. The fourth-order valence-electron chi connectivity index (χ4n) is 2.04. The van der Waals surface area contributed by atoms with E-state index in [2.05, 4.69) is 0 Å². The van der Waals surface area contributed by atoms with Crippen molar-refractivity contribution in [3.8, 4) is 0 Å². The van der Waals surface area contributed by atoms with Crippen LogP contribution in [0.2, 0.25) is 0 Å². The van der Waals surface area contributed by atoms with E-state index in [0.717, 1.165) is 12.1 Å². The van der Waals surface area contributed by atoms with Gasteiger partial charge in [-0.3, -0.25) is 4.79 Å². The van der Waals surface area contributed by atoms with Crippen molar-refractivity contribution in [3.05, 3.63) is 70.5 Å². The Balaban J connectivity index is 2.22. The molecule has 2 aromatic rings. The molecule has 2 rings (SSSR count). The molecule has 0 N–H and O–H groups in total. The standard InChI is InChI=1S/C16H12F4O/c1-10-8-12(16(18,19)20)4-7-14(10)15(21)9-11-2-5-13(17)6-3-11/h2-8H,9H2,1H3. The maximum absolute atomic E-state index is 12.8. The van der Waals surface area contributed by atoms with Crippen molar-refractivity contribution in [2.24, 2.45) is 0 Å². The molecular formula is C16H12F4O. The van der Waals surface area contributed by atoms with Crippen LogP contribution < -0.4 is 0 Å². The van der Waals surface area contributed by atoms with Crippen LogP contribution in [0.25, 0.3) is 0 Å². The van der Waals surface area contributed by atoms with E-state index in [0.29, 0.717) is 5.56 Å². The van der Waals surface area contributed by atoms with Crippen molar-refractivity contribution in [2.45, 2.75) is 19.5 Å². The maximum atomic E-state index is 12.8. The van der Waals surface area contributed by atoms with Crippen LogP contribution >= 0.6 is 0 Å². The smallest absolute Gasteiger partial charge is 0.294 e. The molecule has 0 aliphatic carbocycles. The van der Waals surface area contributed by atoms with Crippen LogP contribution in [0.15, 0.2) is 42.5 Å². The van der Waals surface area contributed by atoms with Gasteiger partial charge in [-0.2, -0.15) is 13.2 Å². The molecule has 21 heavy (non-hydrogen) atoms. The highest BCUT2D eigenvalue weighted by Crippen LogP contribution is 2.30. The number of halogens is 4. The molecule has 0 unspecified atom stereocenters. The first-order valence-electron chi connectivity index (χ1n) is 6.23. The molecule has 0 aliphatic heterocycles. The van der Waals surface area contributed by atoms with Crippen molar-refractivity contribution < 1.29 is 22.4 Å². The van der Waals surface area contributed by atoms with Crippen LogP contribution in [-0.2, 0) is 12.6 Å². The van der Waals surface area contributed by atoms with Crippen molar-refractivity contribution in [1.82, 2.24) is 0 Å². The molecule has 2 aromatic carbocycles. The number of hydrogen-bond donors (Lipinski definition) is 0. The van der Waals surface area contributed by atoms with E-state index in [4.69, 9.17) is 0 Å². The van der Waals surface area contributed by atoms with Gasteiger partial charge < -0.3 is 0 Å². The van der Waals surface area contributed by atoms with Crippen LogP contribution in [0.4, 0.5) is 17.6 Å². The summed E-state index contributed by atoms with van der Waals surface area (Å²) in [5.74, 6) is -0.704. The van der Waals surface area contributed by atoms with E-state index < -0.39 is 17.6 Å². The number of ketones is 1. The Morgan fingerprint density at radius 2 is 1.67 bits per heavy atom. The number of alkyl halides is 3. The molecule has 5 heteroatoms. The zero-order valence-corrected chi connectivity index (χ0v) is 11.2. The second-order valence-electron chi connectivity index (χ2n) is 4.75. The lowest BCUT2D eigenvalue weighted by Gasteiger charge is -2.10. The topological polar surface area (TPSA) is 17.1 Å². The molecule has 110 valence electrons. The SMILES string of the molecule is Cc1cc(C(F)(F)F)ccc1C(=O)Cc1ccc(F)cc1. The van der Waals surface area contributed by atoms with E-state index in [1.807, 2.05) is 0 Å². The lowest BCUT2D eigenvalue weighted by Crippen LogP contribution is -2.09. The van der Waals surface area contributed by atoms with Crippen molar-refractivity contribution in [1.29, 1.82) is 0 Å². The first kappa shape index (κ1) is 15.2. The zero-order valence-electron chi connectivity index (χ0n) is 11.2. The summed E-state index contributed by atoms with van der Waals surface area (Å²) in [5.41, 5.74) is 0.350. The highest BCUT2D eigenvalue weighted by atomic mass is 19.4. The molecule has 0 atom stereocenters. The predicted molar refractivity (Wildman–Crippen MR) is 70.6 cm³/mol. The van der Waals surface area contributed by atoms with E-state index >= 15 is 0 Å². The first-order valence-corrected chi connectivity index (χ1v) is 6.23. The third kappa shape index (κ3) is 3.68. The minimum absolute atomic E-state index is 0.0203. The number of benzene rings is 2. The van der Waals surface area contributed by atoms with Crippen molar-refractivity contribution >= 4 is 5.78 Å². The number of Topliss-reactive ketones (excluding diaryl/α,β-unsaturated/α-hetero) is 1. The Morgan fingerprint density at radius 1 is 1.05 bits per heavy atom. The van der Waals surface area contributed by atoms with E-state index in [-0.39, 0.29) is 23.3 Å². The second kappa shape index (κ2) is 5.68. The molecule has 0 spiro atoms. The number of carbonyl (C=O) groups excluding carboxylic acids is 1. The molecular weight excluding hydrogens is 284 g/mol. The van der Waals surface area contributed by atoms with Gasteiger partial charge in [-0.1, -0.05) is 18.2 Å². The quantitative estimate of drug-likeness (QED) is 0.598. The fourth-order valence-corrected chi connectivity index (χ4v) is 2.04. The van der Waals surface area contributed by atoms with Crippen LogP contribution in [-0.4, -0.2) is 5.78 Å².